The SMILES string of the molecule is CS(=O)(=O)[O-].N=C(N)c1ccc(C(=O)Oc2ccccc2NC(=O)c2ccccc2)cc1. The van der Waals surface area contributed by atoms with Gasteiger partial charge >= 0.3 is 5.97 Å². The number of amides is 1. The van der Waals surface area contributed by atoms with E-state index in [4.69, 9.17) is 28.9 Å². The Hall–Kier alpha value is -4.02. The summed E-state index contributed by atoms with van der Waals surface area (Å²) in [6.45, 7) is 0. The number of carbonyl (C=O) groups excluding carboxylic acids is 2. The van der Waals surface area contributed by atoms with Gasteiger partial charge < -0.3 is 20.3 Å². The number of carbonyl (C=O) groups is 2. The Bertz CT molecular complexity index is 1200. The highest BCUT2D eigenvalue weighted by Gasteiger charge is 2.14. The van der Waals surface area contributed by atoms with E-state index in [-0.39, 0.29) is 17.5 Å². The maximum atomic E-state index is 12.4. The third kappa shape index (κ3) is 8.01. The lowest BCUT2D eigenvalue weighted by molar-refractivity contribution is 0.0734. The third-order valence-electron chi connectivity index (χ3n) is 3.81. The Labute approximate surface area is 185 Å². The van der Waals surface area contributed by atoms with Gasteiger partial charge in [0.2, 0.25) is 0 Å². The van der Waals surface area contributed by atoms with Crippen molar-refractivity contribution in [1.29, 1.82) is 5.41 Å². The molecule has 0 unspecified atom stereocenters. The minimum atomic E-state index is -3.92. The van der Waals surface area contributed by atoms with Crippen LogP contribution in [0.25, 0.3) is 0 Å². The number of esters is 1. The predicted octanol–water partition coefficient (Wildman–Crippen LogP) is 2.60. The molecule has 10 heteroatoms. The number of nitrogen functional groups attached to an aromatic ring is 1. The predicted molar refractivity (Wildman–Crippen MR) is 119 cm³/mol. The number of benzene rings is 3. The van der Waals surface area contributed by atoms with Crippen LogP contribution in [0.4, 0.5) is 5.69 Å². The lowest BCUT2D eigenvalue weighted by atomic mass is 10.1. The van der Waals surface area contributed by atoms with Crippen LogP contribution in [0.15, 0.2) is 78.9 Å². The summed E-state index contributed by atoms with van der Waals surface area (Å²) in [5.74, 6) is -0.720. The second-order valence-electron chi connectivity index (χ2n) is 6.40. The standard InChI is InChI=1S/C21H17N3O3.CH4O3S/c22-19(23)14-10-12-16(13-11-14)21(26)27-18-9-5-4-8-17(18)24-20(25)15-6-2-1-3-7-15;1-5(2,3)4/h1-13H,(H3,22,23)(H,24,25);1H3,(H,2,3,4)/p-1. The Balaban J connectivity index is 0.000000654. The molecule has 3 aromatic carbocycles. The summed E-state index contributed by atoms with van der Waals surface area (Å²) in [7, 11) is -3.92. The number of nitrogens with two attached hydrogens (primary N) is 1. The minimum absolute atomic E-state index is 0.0797. The fourth-order valence-corrected chi connectivity index (χ4v) is 2.39. The van der Waals surface area contributed by atoms with E-state index in [0.717, 1.165) is 0 Å². The molecule has 0 bridgehead atoms. The Morgan fingerprint density at radius 2 is 1.38 bits per heavy atom. The molecular formula is C22H20N3O6S-. The first-order valence-corrected chi connectivity index (χ1v) is 10.9. The molecule has 0 saturated carbocycles. The summed E-state index contributed by atoms with van der Waals surface area (Å²) in [6, 6.07) is 21.7. The molecule has 0 aromatic heterocycles. The van der Waals surface area contributed by atoms with E-state index >= 15 is 0 Å². The molecule has 0 fully saturated rings. The van der Waals surface area contributed by atoms with Gasteiger partial charge in [-0.25, -0.2) is 13.2 Å². The number of hydrogen-bond donors (Lipinski definition) is 3. The second kappa shape index (κ2) is 10.8. The zero-order valence-corrected chi connectivity index (χ0v) is 17.8. The van der Waals surface area contributed by atoms with E-state index in [2.05, 4.69) is 5.32 Å². The van der Waals surface area contributed by atoms with E-state index in [1.807, 2.05) is 6.07 Å². The van der Waals surface area contributed by atoms with E-state index in [0.29, 0.717) is 28.6 Å². The molecule has 3 aromatic rings. The Morgan fingerprint density at radius 1 is 0.875 bits per heavy atom. The largest absolute Gasteiger partial charge is 0.748 e. The quantitative estimate of drug-likeness (QED) is 0.175. The number of nitrogens with one attached hydrogen (secondary N) is 2. The number of ether oxygens (including phenoxy) is 1. The maximum absolute atomic E-state index is 12.4. The van der Waals surface area contributed by atoms with E-state index < -0.39 is 16.1 Å². The lowest BCUT2D eigenvalue weighted by Gasteiger charge is -2.11. The van der Waals surface area contributed by atoms with Crippen LogP contribution >= 0.6 is 0 Å². The van der Waals surface area contributed by atoms with Gasteiger partial charge in [-0.1, -0.05) is 42.5 Å². The Kier molecular flexibility index (Phi) is 8.22. The van der Waals surface area contributed by atoms with Crippen molar-refractivity contribution in [2.75, 3.05) is 11.6 Å². The lowest BCUT2D eigenvalue weighted by Crippen LogP contribution is -2.15. The van der Waals surface area contributed by atoms with Crippen LogP contribution in [-0.4, -0.2) is 36.9 Å². The molecule has 0 saturated heterocycles. The Morgan fingerprint density at radius 3 is 1.94 bits per heavy atom. The average Bonchev–Trinajstić information content (AvgIpc) is 2.74. The van der Waals surface area contributed by atoms with Crippen LogP contribution < -0.4 is 15.8 Å². The topological polar surface area (TPSA) is 162 Å². The molecule has 32 heavy (non-hydrogen) atoms. The molecule has 0 heterocycles. The molecule has 0 radical (unpaired) electrons. The summed E-state index contributed by atoms with van der Waals surface area (Å²) >= 11 is 0. The summed E-state index contributed by atoms with van der Waals surface area (Å²) in [4.78, 5) is 24.7. The molecule has 0 atom stereocenters. The van der Waals surface area contributed by atoms with Gasteiger partial charge in [0, 0.05) is 17.4 Å². The highest BCUT2D eigenvalue weighted by Crippen LogP contribution is 2.25. The van der Waals surface area contributed by atoms with Crippen molar-refractivity contribution in [3.8, 4) is 5.75 Å². The van der Waals surface area contributed by atoms with Crippen LogP contribution in [0.3, 0.4) is 0 Å². The van der Waals surface area contributed by atoms with Gasteiger partial charge in [-0.15, -0.1) is 0 Å². The second-order valence-corrected chi connectivity index (χ2v) is 7.81. The fraction of sp³-hybridized carbons (Fsp3) is 0.0455. The van der Waals surface area contributed by atoms with Crippen molar-refractivity contribution < 1.29 is 27.3 Å². The summed E-state index contributed by atoms with van der Waals surface area (Å²) in [5.41, 5.74) is 7.12. The van der Waals surface area contributed by atoms with Crippen molar-refractivity contribution in [3.63, 3.8) is 0 Å². The van der Waals surface area contributed by atoms with Crippen LogP contribution in [0.2, 0.25) is 0 Å². The minimum Gasteiger partial charge on any atom is -0.748 e. The molecule has 4 N–H and O–H groups in total. The van der Waals surface area contributed by atoms with Crippen molar-refractivity contribution in [2.24, 2.45) is 5.73 Å². The molecule has 1 amide bonds. The van der Waals surface area contributed by atoms with Crippen molar-refractivity contribution in [3.05, 3.63) is 95.6 Å². The number of anilines is 1. The maximum Gasteiger partial charge on any atom is 0.343 e. The van der Waals surface area contributed by atoms with Gasteiger partial charge in [0.05, 0.1) is 21.4 Å². The molecular weight excluding hydrogens is 434 g/mol. The fourth-order valence-electron chi connectivity index (χ4n) is 2.39. The molecule has 0 aliphatic rings. The summed E-state index contributed by atoms with van der Waals surface area (Å²) in [6.07, 6.45) is 0.604. The first kappa shape index (κ1) is 24.3. The van der Waals surface area contributed by atoms with Crippen molar-refractivity contribution in [2.45, 2.75) is 0 Å². The van der Waals surface area contributed by atoms with Gasteiger partial charge in [0.15, 0.2) is 5.75 Å². The van der Waals surface area contributed by atoms with Crippen LogP contribution in [0, 0.1) is 5.41 Å². The van der Waals surface area contributed by atoms with Gasteiger partial charge in [0.25, 0.3) is 5.91 Å². The zero-order chi connectivity index (χ0) is 23.7. The molecule has 0 aliphatic heterocycles. The zero-order valence-electron chi connectivity index (χ0n) is 16.9. The number of amidine groups is 1. The first-order valence-electron chi connectivity index (χ1n) is 9.07. The number of hydrogen-bond acceptors (Lipinski definition) is 7. The van der Waals surface area contributed by atoms with Crippen molar-refractivity contribution in [1.82, 2.24) is 0 Å². The van der Waals surface area contributed by atoms with E-state index in [9.17, 15) is 9.59 Å². The number of para-hydroxylation sites is 2. The van der Waals surface area contributed by atoms with Gasteiger partial charge in [-0.3, -0.25) is 10.2 Å². The average molecular weight is 454 g/mol. The van der Waals surface area contributed by atoms with E-state index in [1.165, 1.54) is 12.1 Å². The van der Waals surface area contributed by atoms with Crippen LogP contribution in [0.1, 0.15) is 26.3 Å². The third-order valence-corrected chi connectivity index (χ3v) is 3.81. The highest BCUT2D eigenvalue weighted by molar-refractivity contribution is 7.84. The normalized spacial score (nSPS) is 10.3. The summed E-state index contributed by atoms with van der Waals surface area (Å²) < 4.78 is 32.7. The van der Waals surface area contributed by atoms with E-state index in [1.54, 1.807) is 60.7 Å². The van der Waals surface area contributed by atoms with Crippen molar-refractivity contribution >= 4 is 33.5 Å². The number of rotatable bonds is 5. The van der Waals surface area contributed by atoms with Gasteiger partial charge in [0.1, 0.15) is 5.84 Å². The van der Waals surface area contributed by atoms with Gasteiger partial charge in [-0.05, 0) is 36.4 Å². The molecule has 9 nitrogen and oxygen atoms in total. The van der Waals surface area contributed by atoms with Gasteiger partial charge in [-0.2, -0.15) is 0 Å². The molecule has 166 valence electrons. The molecule has 0 aliphatic carbocycles. The molecule has 0 spiro atoms. The summed E-state index contributed by atoms with van der Waals surface area (Å²) in [5, 5.41) is 10.1. The monoisotopic (exact) mass is 454 g/mol. The smallest absolute Gasteiger partial charge is 0.343 e. The molecule has 3 rings (SSSR count). The van der Waals surface area contributed by atoms with Crippen LogP contribution in [0.5, 0.6) is 5.75 Å². The highest BCUT2D eigenvalue weighted by atomic mass is 32.2. The van der Waals surface area contributed by atoms with Crippen LogP contribution in [-0.2, 0) is 10.1 Å². The first-order chi connectivity index (χ1) is 15.0.